The number of halogens is 1. The normalized spacial score (nSPS) is 16.9. The van der Waals surface area contributed by atoms with Crippen LogP contribution in [0.5, 0.6) is 5.75 Å². The lowest BCUT2D eigenvalue weighted by atomic mass is 9.92. The second-order valence-electron chi connectivity index (χ2n) is 8.55. The van der Waals surface area contributed by atoms with Gasteiger partial charge in [-0.05, 0) is 71.8 Å². The lowest BCUT2D eigenvalue weighted by Gasteiger charge is -2.17. The van der Waals surface area contributed by atoms with Gasteiger partial charge in [0, 0.05) is 10.4 Å². The van der Waals surface area contributed by atoms with Gasteiger partial charge in [-0.25, -0.2) is 9.78 Å². The van der Waals surface area contributed by atoms with Crippen LogP contribution >= 0.6 is 11.6 Å². The molecule has 34 heavy (non-hydrogen) atoms. The first-order valence-corrected chi connectivity index (χ1v) is 11.5. The monoisotopic (exact) mass is 473 g/mol. The lowest BCUT2D eigenvalue weighted by Crippen LogP contribution is -2.14. The highest BCUT2D eigenvalue weighted by Crippen LogP contribution is 2.40. The molecule has 0 fully saturated rings. The number of hydrogen-bond donors (Lipinski definition) is 1. The standard InChI is InChI=1S/C28H24ClNO4/c1-33-28(32)24-5-3-2-4-18(24)12-20-13-19-8-11-23(15-25(19)27(20)31)34-16-22-10-7-17-6-9-21(29)14-26(17)30-22/h2-11,14-15,20,27,31H,12-13,16H2,1H3. The van der Waals surface area contributed by atoms with Crippen molar-refractivity contribution in [2.75, 3.05) is 7.11 Å². The van der Waals surface area contributed by atoms with Crippen LogP contribution in [0.3, 0.4) is 0 Å². The zero-order valence-corrected chi connectivity index (χ0v) is 19.5. The van der Waals surface area contributed by atoms with Gasteiger partial charge in [-0.1, -0.05) is 48.0 Å². The molecule has 0 saturated heterocycles. The summed E-state index contributed by atoms with van der Waals surface area (Å²) in [7, 11) is 1.38. The molecule has 1 N–H and O–H groups in total. The molecule has 1 heterocycles. The minimum atomic E-state index is -0.634. The van der Waals surface area contributed by atoms with Gasteiger partial charge in [0.15, 0.2) is 0 Å². The number of ether oxygens (including phenoxy) is 2. The third kappa shape index (κ3) is 4.49. The van der Waals surface area contributed by atoms with Crippen molar-refractivity contribution in [1.82, 2.24) is 4.98 Å². The van der Waals surface area contributed by atoms with E-state index in [0.29, 0.717) is 29.4 Å². The lowest BCUT2D eigenvalue weighted by molar-refractivity contribution is 0.0597. The Bertz CT molecular complexity index is 1370. The summed E-state index contributed by atoms with van der Waals surface area (Å²) in [6, 6.07) is 22.8. The Hall–Kier alpha value is -3.41. The highest BCUT2D eigenvalue weighted by Gasteiger charge is 2.32. The maximum Gasteiger partial charge on any atom is 0.338 e. The number of esters is 1. The van der Waals surface area contributed by atoms with Crippen LogP contribution < -0.4 is 4.74 Å². The number of fused-ring (bicyclic) bond motifs is 2. The molecule has 6 heteroatoms. The summed E-state index contributed by atoms with van der Waals surface area (Å²) in [5, 5.41) is 12.7. The number of aliphatic hydroxyl groups excluding tert-OH is 1. The van der Waals surface area contributed by atoms with Crippen LogP contribution in [0.2, 0.25) is 5.02 Å². The molecule has 0 radical (unpaired) electrons. The Kier molecular flexibility index (Phi) is 6.22. The molecule has 2 unspecified atom stereocenters. The number of carbonyl (C=O) groups is 1. The van der Waals surface area contributed by atoms with Crippen molar-refractivity contribution in [2.24, 2.45) is 5.92 Å². The van der Waals surface area contributed by atoms with Gasteiger partial charge in [0.05, 0.1) is 30.0 Å². The first-order chi connectivity index (χ1) is 16.5. The van der Waals surface area contributed by atoms with Crippen molar-refractivity contribution < 1.29 is 19.4 Å². The fourth-order valence-electron chi connectivity index (χ4n) is 4.62. The van der Waals surface area contributed by atoms with Crippen LogP contribution in [0, 0.1) is 5.92 Å². The Labute approximate surface area is 202 Å². The molecule has 0 spiro atoms. The molecular weight excluding hydrogens is 450 g/mol. The van der Waals surface area contributed by atoms with E-state index in [1.807, 2.05) is 66.7 Å². The van der Waals surface area contributed by atoms with Crippen LogP contribution in [-0.2, 0) is 24.2 Å². The van der Waals surface area contributed by atoms with Crippen LogP contribution in [0.15, 0.2) is 72.8 Å². The van der Waals surface area contributed by atoms with Crippen LogP contribution in [0.1, 0.15) is 38.8 Å². The molecule has 3 aromatic carbocycles. The van der Waals surface area contributed by atoms with Crippen molar-refractivity contribution in [3.8, 4) is 5.75 Å². The molecule has 0 saturated carbocycles. The quantitative estimate of drug-likeness (QED) is 0.364. The van der Waals surface area contributed by atoms with Crippen molar-refractivity contribution in [1.29, 1.82) is 0 Å². The van der Waals surface area contributed by atoms with E-state index >= 15 is 0 Å². The molecule has 0 bridgehead atoms. The number of aromatic nitrogens is 1. The molecular formula is C28H24ClNO4. The fourth-order valence-corrected chi connectivity index (χ4v) is 4.78. The zero-order chi connectivity index (χ0) is 23.7. The zero-order valence-electron chi connectivity index (χ0n) is 18.7. The van der Waals surface area contributed by atoms with E-state index in [9.17, 15) is 9.90 Å². The topological polar surface area (TPSA) is 68.7 Å². The van der Waals surface area contributed by atoms with Crippen LogP contribution in [0.25, 0.3) is 10.9 Å². The summed E-state index contributed by atoms with van der Waals surface area (Å²) in [6.45, 7) is 0.313. The molecule has 5 nitrogen and oxygen atoms in total. The molecule has 0 amide bonds. The fraction of sp³-hybridized carbons (Fsp3) is 0.214. The van der Waals surface area contributed by atoms with Gasteiger partial charge in [-0.15, -0.1) is 0 Å². The number of hydrogen-bond acceptors (Lipinski definition) is 5. The average molecular weight is 474 g/mol. The van der Waals surface area contributed by atoms with E-state index in [2.05, 4.69) is 4.98 Å². The predicted molar refractivity (Wildman–Crippen MR) is 131 cm³/mol. The number of methoxy groups -OCH3 is 1. The van der Waals surface area contributed by atoms with E-state index in [1.54, 1.807) is 6.07 Å². The number of pyridine rings is 1. The second-order valence-corrected chi connectivity index (χ2v) is 8.99. The summed E-state index contributed by atoms with van der Waals surface area (Å²) >= 11 is 6.09. The number of aliphatic hydroxyl groups is 1. The number of rotatable bonds is 6. The van der Waals surface area contributed by atoms with Crippen molar-refractivity contribution in [3.63, 3.8) is 0 Å². The SMILES string of the molecule is COC(=O)c1ccccc1CC1Cc2ccc(OCc3ccc4ccc(Cl)cc4n3)cc2C1O. The highest BCUT2D eigenvalue weighted by molar-refractivity contribution is 6.31. The summed E-state index contributed by atoms with van der Waals surface area (Å²) in [4.78, 5) is 16.7. The summed E-state index contributed by atoms with van der Waals surface area (Å²) in [5.41, 5.74) is 5.02. The van der Waals surface area contributed by atoms with Gasteiger partial charge in [0.25, 0.3) is 0 Å². The van der Waals surface area contributed by atoms with E-state index < -0.39 is 6.10 Å². The van der Waals surface area contributed by atoms with E-state index in [1.165, 1.54) is 7.11 Å². The molecule has 0 aliphatic heterocycles. The van der Waals surface area contributed by atoms with Gasteiger partial charge in [0.1, 0.15) is 12.4 Å². The Morgan fingerprint density at radius 3 is 2.76 bits per heavy atom. The number of carbonyl (C=O) groups excluding carboxylic acids is 1. The Balaban J connectivity index is 1.29. The van der Waals surface area contributed by atoms with Crippen LogP contribution in [0.4, 0.5) is 0 Å². The van der Waals surface area contributed by atoms with Crippen molar-refractivity contribution in [3.05, 3.63) is 106 Å². The first kappa shape index (κ1) is 22.4. The third-order valence-corrected chi connectivity index (χ3v) is 6.60. The van der Waals surface area contributed by atoms with E-state index in [-0.39, 0.29) is 11.9 Å². The molecule has 5 rings (SSSR count). The van der Waals surface area contributed by atoms with Gasteiger partial charge in [-0.2, -0.15) is 0 Å². The summed E-state index contributed by atoms with van der Waals surface area (Å²) in [5.74, 6) is 0.296. The summed E-state index contributed by atoms with van der Waals surface area (Å²) in [6.07, 6.45) is 0.686. The first-order valence-electron chi connectivity index (χ1n) is 11.2. The van der Waals surface area contributed by atoms with Gasteiger partial charge in [0.2, 0.25) is 0 Å². The number of nitrogens with zero attached hydrogens (tertiary/aromatic N) is 1. The van der Waals surface area contributed by atoms with Gasteiger partial charge in [-0.3, -0.25) is 0 Å². The van der Waals surface area contributed by atoms with E-state index in [4.69, 9.17) is 21.1 Å². The molecule has 2 atom stereocenters. The molecule has 172 valence electrons. The molecule has 1 aliphatic carbocycles. The van der Waals surface area contributed by atoms with Crippen molar-refractivity contribution in [2.45, 2.75) is 25.6 Å². The minimum absolute atomic E-state index is 0.0250. The van der Waals surface area contributed by atoms with E-state index in [0.717, 1.165) is 39.7 Å². The maximum atomic E-state index is 12.1. The molecule has 4 aromatic rings. The highest BCUT2D eigenvalue weighted by atomic mass is 35.5. The van der Waals surface area contributed by atoms with Crippen LogP contribution in [-0.4, -0.2) is 23.2 Å². The maximum absolute atomic E-state index is 12.1. The minimum Gasteiger partial charge on any atom is -0.487 e. The van der Waals surface area contributed by atoms with Gasteiger partial charge < -0.3 is 14.6 Å². The largest absolute Gasteiger partial charge is 0.487 e. The number of benzene rings is 3. The average Bonchev–Trinajstić information content (AvgIpc) is 3.16. The van der Waals surface area contributed by atoms with Crippen molar-refractivity contribution >= 4 is 28.5 Å². The second kappa shape index (κ2) is 9.45. The molecule has 1 aromatic heterocycles. The predicted octanol–water partition coefficient (Wildman–Crippen LogP) is 5.70. The van der Waals surface area contributed by atoms with Gasteiger partial charge >= 0.3 is 5.97 Å². The smallest absolute Gasteiger partial charge is 0.338 e. The third-order valence-electron chi connectivity index (χ3n) is 6.37. The Morgan fingerprint density at radius 2 is 1.91 bits per heavy atom. The summed E-state index contributed by atoms with van der Waals surface area (Å²) < 4.78 is 10.9. The molecule has 1 aliphatic rings. The Morgan fingerprint density at radius 1 is 1.09 bits per heavy atom.